The van der Waals surface area contributed by atoms with Crippen LogP contribution in [0, 0.1) is 0 Å². The second kappa shape index (κ2) is 10.7. The Hall–Kier alpha value is -1.42. The minimum Gasteiger partial charge on any atom is -0.368 e. The van der Waals surface area contributed by atoms with Gasteiger partial charge in [-0.25, -0.2) is 0 Å². The first-order valence-corrected chi connectivity index (χ1v) is 9.04. The van der Waals surface area contributed by atoms with Crippen LogP contribution in [0.2, 0.25) is 0 Å². The van der Waals surface area contributed by atoms with Crippen molar-refractivity contribution in [1.82, 2.24) is 20.1 Å². The molecule has 0 radical (unpaired) electrons. The van der Waals surface area contributed by atoms with Gasteiger partial charge in [0, 0.05) is 64.7 Å². The van der Waals surface area contributed by atoms with Crippen molar-refractivity contribution in [2.75, 3.05) is 46.4 Å². The first-order valence-electron chi connectivity index (χ1n) is 9.04. The van der Waals surface area contributed by atoms with Crippen molar-refractivity contribution >= 4 is 35.8 Å². The monoisotopic (exact) mass is 473 g/mol. The topological polar surface area (TPSA) is 70.1 Å². The maximum Gasteiger partial charge on any atom is 0.251 e. The van der Waals surface area contributed by atoms with Crippen LogP contribution in [0.4, 0.5) is 0 Å². The quantitative estimate of drug-likeness (QED) is 0.404. The number of nitrogens with zero attached hydrogens (tertiary/aromatic N) is 4. The Bertz CT molecular complexity index is 585. The molecule has 0 saturated carbocycles. The average Bonchev–Trinajstić information content (AvgIpc) is 3.20. The summed E-state index contributed by atoms with van der Waals surface area (Å²) in [5.41, 5.74) is 1.07. The maximum absolute atomic E-state index is 12.4. The summed E-state index contributed by atoms with van der Waals surface area (Å²) >= 11 is 0. The number of rotatable bonds is 4. The van der Waals surface area contributed by atoms with Crippen LogP contribution in [-0.4, -0.2) is 79.1 Å². The number of piperazine rings is 1. The maximum atomic E-state index is 12.4. The molecule has 0 aliphatic carbocycles. The molecular formula is C18H28IN5O2. The molecule has 144 valence electrons. The fourth-order valence-electron chi connectivity index (χ4n) is 3.30. The van der Waals surface area contributed by atoms with Crippen LogP contribution < -0.4 is 5.32 Å². The predicted molar refractivity (Wildman–Crippen MR) is 112 cm³/mol. The van der Waals surface area contributed by atoms with E-state index in [1.54, 1.807) is 7.05 Å². The molecule has 1 atom stereocenters. The number of pyridine rings is 1. The molecule has 2 aliphatic heterocycles. The van der Waals surface area contributed by atoms with Crippen molar-refractivity contribution in [2.45, 2.75) is 25.4 Å². The molecule has 1 aromatic heterocycles. The molecule has 1 N–H and O–H groups in total. The van der Waals surface area contributed by atoms with E-state index in [9.17, 15) is 4.79 Å². The van der Waals surface area contributed by atoms with E-state index in [0.717, 1.165) is 63.6 Å². The van der Waals surface area contributed by atoms with Crippen LogP contribution >= 0.6 is 24.0 Å². The van der Waals surface area contributed by atoms with Crippen LogP contribution in [0.1, 0.15) is 18.5 Å². The molecule has 1 unspecified atom stereocenters. The normalized spacial score (nSPS) is 20.7. The van der Waals surface area contributed by atoms with E-state index in [-0.39, 0.29) is 36.0 Å². The summed E-state index contributed by atoms with van der Waals surface area (Å²) in [5, 5.41) is 3.39. The van der Waals surface area contributed by atoms with E-state index < -0.39 is 0 Å². The van der Waals surface area contributed by atoms with Crippen LogP contribution in [0.25, 0.3) is 0 Å². The lowest BCUT2D eigenvalue weighted by molar-refractivity contribution is -0.142. The van der Waals surface area contributed by atoms with E-state index in [1.807, 2.05) is 29.3 Å². The van der Waals surface area contributed by atoms with Crippen LogP contribution in [-0.2, 0) is 16.0 Å². The lowest BCUT2D eigenvalue weighted by atomic mass is 10.2. The Labute approximate surface area is 172 Å². The molecule has 2 aliphatic rings. The zero-order valence-corrected chi connectivity index (χ0v) is 17.6. The van der Waals surface area contributed by atoms with Crippen LogP contribution in [0.3, 0.4) is 0 Å². The number of nitrogens with one attached hydrogen (secondary N) is 1. The van der Waals surface area contributed by atoms with Gasteiger partial charge in [0.15, 0.2) is 5.96 Å². The number of aliphatic imine (C=N–C) groups is 1. The number of halogens is 1. The number of hydrogen-bond donors (Lipinski definition) is 1. The second-order valence-electron chi connectivity index (χ2n) is 6.36. The predicted octanol–water partition coefficient (Wildman–Crippen LogP) is 1.14. The van der Waals surface area contributed by atoms with Crippen LogP contribution in [0.5, 0.6) is 0 Å². The summed E-state index contributed by atoms with van der Waals surface area (Å²) in [6.45, 7) is 4.53. The Morgan fingerprint density at radius 3 is 2.69 bits per heavy atom. The molecule has 1 amide bonds. The smallest absolute Gasteiger partial charge is 0.251 e. The van der Waals surface area contributed by atoms with Gasteiger partial charge < -0.3 is 19.9 Å². The van der Waals surface area contributed by atoms with E-state index in [1.165, 1.54) is 0 Å². The van der Waals surface area contributed by atoms with Gasteiger partial charge in [0.2, 0.25) is 0 Å². The average molecular weight is 473 g/mol. The molecule has 3 heterocycles. The summed E-state index contributed by atoms with van der Waals surface area (Å²) in [7, 11) is 1.80. The number of hydrogen-bond acceptors (Lipinski definition) is 4. The van der Waals surface area contributed by atoms with Crippen LogP contribution in [0.15, 0.2) is 29.4 Å². The number of carbonyl (C=O) groups excluding carboxylic acids is 1. The van der Waals surface area contributed by atoms with Crippen molar-refractivity contribution in [1.29, 1.82) is 0 Å². The molecule has 7 nitrogen and oxygen atoms in total. The van der Waals surface area contributed by atoms with Crippen molar-refractivity contribution in [3.05, 3.63) is 30.1 Å². The van der Waals surface area contributed by atoms with Gasteiger partial charge in [0.1, 0.15) is 6.10 Å². The molecule has 26 heavy (non-hydrogen) atoms. The summed E-state index contributed by atoms with van der Waals surface area (Å²) in [6, 6.07) is 5.95. The van der Waals surface area contributed by atoms with Crippen molar-refractivity contribution in [3.63, 3.8) is 0 Å². The molecule has 0 spiro atoms. The zero-order chi connectivity index (χ0) is 17.5. The Kier molecular flexibility index (Phi) is 8.56. The lowest BCUT2D eigenvalue weighted by Gasteiger charge is -2.37. The SMILES string of the molecule is CN=C(NCCc1ccccn1)N1CCN(C(=O)C2CCCO2)CC1.I. The fourth-order valence-corrected chi connectivity index (χ4v) is 3.30. The standard InChI is InChI=1S/C18H27N5O2.HI/c1-19-18(21-9-7-15-5-2-3-8-20-15)23-12-10-22(11-13-23)17(24)16-6-4-14-25-16;/h2-3,5,8,16H,4,6-7,9-14H2,1H3,(H,19,21);1H. The Morgan fingerprint density at radius 2 is 2.08 bits per heavy atom. The molecular weight excluding hydrogens is 445 g/mol. The third kappa shape index (κ3) is 5.54. The summed E-state index contributed by atoms with van der Waals surface area (Å²) in [6.07, 6.45) is 4.30. The molecule has 0 bridgehead atoms. The number of ether oxygens (including phenoxy) is 1. The van der Waals surface area contributed by atoms with Gasteiger partial charge >= 0.3 is 0 Å². The highest BCUT2D eigenvalue weighted by Gasteiger charge is 2.30. The molecule has 2 fully saturated rings. The fraction of sp³-hybridized carbons (Fsp3) is 0.611. The van der Waals surface area contributed by atoms with E-state index in [0.29, 0.717) is 6.61 Å². The van der Waals surface area contributed by atoms with Gasteiger partial charge in [-0.05, 0) is 25.0 Å². The van der Waals surface area contributed by atoms with Gasteiger partial charge in [-0.15, -0.1) is 24.0 Å². The minimum atomic E-state index is -0.220. The molecule has 0 aromatic carbocycles. The number of amides is 1. The second-order valence-corrected chi connectivity index (χ2v) is 6.36. The minimum absolute atomic E-state index is 0. The lowest BCUT2D eigenvalue weighted by Crippen LogP contribution is -2.55. The number of aromatic nitrogens is 1. The molecule has 8 heteroatoms. The van der Waals surface area contributed by atoms with Gasteiger partial charge in [0.25, 0.3) is 5.91 Å². The van der Waals surface area contributed by atoms with Gasteiger partial charge in [-0.3, -0.25) is 14.8 Å². The van der Waals surface area contributed by atoms with Crippen molar-refractivity contribution in [2.24, 2.45) is 4.99 Å². The summed E-state index contributed by atoms with van der Waals surface area (Å²) < 4.78 is 5.51. The van der Waals surface area contributed by atoms with E-state index in [2.05, 4.69) is 20.2 Å². The summed E-state index contributed by atoms with van der Waals surface area (Å²) in [4.78, 5) is 25.2. The summed E-state index contributed by atoms with van der Waals surface area (Å²) in [5.74, 6) is 1.04. The molecule has 3 rings (SSSR count). The van der Waals surface area contributed by atoms with Gasteiger partial charge in [-0.2, -0.15) is 0 Å². The highest BCUT2D eigenvalue weighted by Crippen LogP contribution is 2.16. The molecule has 1 aromatic rings. The van der Waals surface area contributed by atoms with E-state index >= 15 is 0 Å². The Balaban J connectivity index is 0.00000243. The third-order valence-electron chi connectivity index (χ3n) is 4.70. The number of carbonyl (C=O) groups is 1. The first-order chi connectivity index (χ1) is 12.3. The molecule has 2 saturated heterocycles. The van der Waals surface area contributed by atoms with Crippen molar-refractivity contribution in [3.8, 4) is 0 Å². The largest absolute Gasteiger partial charge is 0.368 e. The highest BCUT2D eigenvalue weighted by molar-refractivity contribution is 14.0. The van der Waals surface area contributed by atoms with Gasteiger partial charge in [0.05, 0.1) is 0 Å². The first kappa shape index (κ1) is 20.9. The number of guanidine groups is 1. The Morgan fingerprint density at radius 1 is 1.31 bits per heavy atom. The van der Waals surface area contributed by atoms with Crippen molar-refractivity contribution < 1.29 is 9.53 Å². The highest BCUT2D eigenvalue weighted by atomic mass is 127. The van der Waals surface area contributed by atoms with E-state index in [4.69, 9.17) is 4.74 Å². The zero-order valence-electron chi connectivity index (χ0n) is 15.3. The van der Waals surface area contributed by atoms with Gasteiger partial charge in [-0.1, -0.05) is 6.07 Å². The third-order valence-corrected chi connectivity index (χ3v) is 4.70.